The van der Waals surface area contributed by atoms with Crippen LogP contribution in [0.5, 0.6) is 5.75 Å². The lowest BCUT2D eigenvalue weighted by molar-refractivity contribution is 0.413. The number of rotatable bonds is 13. The fourth-order valence-electron chi connectivity index (χ4n) is 9.86. The molecule has 21 nitrogen and oxygen atoms in total. The molecule has 0 unspecified atom stereocenters. The predicted octanol–water partition coefficient (Wildman–Crippen LogP) is 17.1. The lowest BCUT2D eigenvalue weighted by atomic mass is 9.86. The molecular weight excluding hydrogens is 1400 g/mol. The first-order valence-corrected chi connectivity index (χ1v) is 34.1. The van der Waals surface area contributed by atoms with Crippen LogP contribution in [-0.2, 0) is 31.1 Å². The van der Waals surface area contributed by atoms with E-state index in [-0.39, 0.29) is 40.3 Å². The second kappa shape index (κ2) is 37.7. The zero-order valence-corrected chi connectivity index (χ0v) is 62.4. The van der Waals surface area contributed by atoms with Gasteiger partial charge in [0, 0.05) is 105 Å². The van der Waals surface area contributed by atoms with Crippen LogP contribution in [0.15, 0.2) is 152 Å². The maximum atomic E-state index is 13.6. The number of ether oxygens (including phenoxy) is 1. The maximum absolute atomic E-state index is 13.6. The number of aryl methyl sites for hydroxylation is 6. The highest BCUT2D eigenvalue weighted by molar-refractivity contribution is 6.36. The molecule has 105 heavy (non-hydrogen) atoms. The average Bonchev–Trinajstić information content (AvgIpc) is 0.843. The van der Waals surface area contributed by atoms with Gasteiger partial charge in [-0.25, -0.2) is 67.4 Å². The van der Waals surface area contributed by atoms with E-state index in [1.807, 2.05) is 57.2 Å². The molecule has 12 aromatic rings. The van der Waals surface area contributed by atoms with Gasteiger partial charge in [-0.2, -0.15) is 9.97 Å². The van der Waals surface area contributed by atoms with Crippen molar-refractivity contribution in [1.29, 1.82) is 0 Å². The molecule has 0 spiro atoms. The summed E-state index contributed by atoms with van der Waals surface area (Å²) in [5.74, 6) is -0.730. The summed E-state index contributed by atoms with van der Waals surface area (Å²) in [6.07, 6.45) is 3.13. The van der Waals surface area contributed by atoms with Crippen molar-refractivity contribution in [2.24, 2.45) is 0 Å². The number of nitrogens with zero attached hydrogens (tertiary/aromatic N) is 12. The summed E-state index contributed by atoms with van der Waals surface area (Å²) in [6, 6.07) is 44.1. The van der Waals surface area contributed by atoms with Crippen molar-refractivity contribution in [3.8, 4) is 73.3 Å². The van der Waals surface area contributed by atoms with Crippen molar-refractivity contribution in [3.05, 3.63) is 229 Å². The van der Waals surface area contributed by atoms with Gasteiger partial charge in [-0.3, -0.25) is 0 Å². The van der Waals surface area contributed by atoms with Crippen molar-refractivity contribution in [3.63, 3.8) is 0 Å². The Morgan fingerprint density at radius 3 is 1.20 bits per heavy atom. The molecule has 546 valence electrons. The molecule has 28 heteroatoms. The predicted molar refractivity (Wildman–Crippen MR) is 417 cm³/mol. The molecule has 6 aromatic heterocycles. The van der Waals surface area contributed by atoms with Crippen LogP contribution in [0.4, 0.5) is 64.9 Å². The quantitative estimate of drug-likeness (QED) is 0.0393. The third-order valence-corrected chi connectivity index (χ3v) is 16.2. The first kappa shape index (κ1) is 80.9. The highest BCUT2D eigenvalue weighted by atomic mass is 35.5. The topological polar surface area (TPSA) is 344 Å². The van der Waals surface area contributed by atoms with Gasteiger partial charge >= 0.3 is 0 Å². The van der Waals surface area contributed by atoms with Gasteiger partial charge in [-0.05, 0) is 129 Å². The van der Waals surface area contributed by atoms with Crippen molar-refractivity contribution in [2.45, 2.75) is 93.4 Å². The Kier molecular flexibility index (Phi) is 29.0. The van der Waals surface area contributed by atoms with Crippen LogP contribution >= 0.6 is 34.8 Å². The van der Waals surface area contributed by atoms with Gasteiger partial charge < -0.3 is 49.8 Å². The Morgan fingerprint density at radius 2 is 0.762 bits per heavy atom. The summed E-state index contributed by atoms with van der Waals surface area (Å²) >= 11 is 18.0. The van der Waals surface area contributed by atoms with Crippen molar-refractivity contribution in [2.75, 3.05) is 66.2 Å². The van der Waals surface area contributed by atoms with Gasteiger partial charge in [0.1, 0.15) is 29.0 Å². The van der Waals surface area contributed by atoms with E-state index in [0.29, 0.717) is 85.4 Å². The molecule has 0 atom stereocenters. The van der Waals surface area contributed by atoms with Crippen LogP contribution in [-0.4, -0.2) is 81.0 Å². The van der Waals surface area contributed by atoms with E-state index in [1.54, 1.807) is 50.5 Å². The first-order valence-electron chi connectivity index (χ1n) is 33.0. The summed E-state index contributed by atoms with van der Waals surface area (Å²) in [6.45, 7) is 18.7. The molecular formula is C77H83Cl3F4N20O. The Balaban J connectivity index is 0.000000176. The molecule has 14 N–H and O–H groups in total. The molecule has 12 rings (SSSR count). The number of methoxy groups -OCH3 is 1. The number of benzene rings is 6. The van der Waals surface area contributed by atoms with Crippen LogP contribution in [0.25, 0.3) is 67.5 Å². The average molecular weight is 1490 g/mol. The van der Waals surface area contributed by atoms with Crippen LogP contribution in [0.2, 0.25) is 15.1 Å². The number of anilines is 8. The van der Waals surface area contributed by atoms with Crippen molar-refractivity contribution in [1.82, 2.24) is 59.8 Å². The fraction of sp³-hybridized carbons (Fsp3) is 0.221. The Labute approximate surface area is 623 Å². The van der Waals surface area contributed by atoms with E-state index < -0.39 is 17.5 Å². The standard InChI is InChI=1S/C16H21N3.C13H14ClN3.C13H15N3.C12H10F3N3.C12H13FN4O.C11H10Cl2N4/c1-5-13-10-14(19-15(17)18-13)11-6-8-12(9-7-11)16(2,3)4;1-3-10-7-12(17-13(15)16-10)11-6-9(14)5-4-8(11)2;1-3-11-8-12(16-13(14)15-11)10-6-4-9(2)5-7-10;1-2-6-3-11(18-12(16)17-6)7-4-9(14)10(15)5-8(7)13;1-15-11-6-9(16-12(14)17-11)8-4-3-7(13)5-10(8)18-2;1-15-10-5-9(16-11(14)17-10)7-3-2-6(12)4-8(7)13/h6-10H,5H2,1-4H3,(H2,17,18,19);4-7H,3H2,1-2H3,(H2,15,16,17);4-8H,3H2,1-2H3,(H2,14,15,16);3-5H,2H2,1H3,(H2,16,17,18);3-6H,1-2H3,(H3,14,15,16,17);2-5H,1H3,(H3,14,15,16,17). The molecule has 0 amide bonds. The van der Waals surface area contributed by atoms with Gasteiger partial charge in [-0.15, -0.1) is 0 Å². The smallest absolute Gasteiger partial charge is 0.222 e. The van der Waals surface area contributed by atoms with Crippen molar-refractivity contribution < 1.29 is 22.3 Å². The molecule has 0 aliphatic rings. The lowest BCUT2D eigenvalue weighted by Crippen LogP contribution is -2.10. The number of halogens is 7. The monoisotopic (exact) mass is 1480 g/mol. The summed E-state index contributed by atoms with van der Waals surface area (Å²) in [7, 11) is 4.96. The Bertz CT molecular complexity index is 4940. The molecule has 0 saturated heterocycles. The number of aromatic nitrogens is 12. The summed E-state index contributed by atoms with van der Waals surface area (Å²) in [5.41, 5.74) is 49.6. The van der Waals surface area contributed by atoms with Crippen LogP contribution in [0.3, 0.4) is 0 Å². The van der Waals surface area contributed by atoms with Gasteiger partial charge in [-0.1, -0.05) is 143 Å². The summed E-state index contributed by atoms with van der Waals surface area (Å²) in [5, 5.41) is 7.59. The van der Waals surface area contributed by atoms with E-state index in [2.05, 4.69) is 161 Å². The second-order valence-electron chi connectivity index (χ2n) is 24.2. The lowest BCUT2D eigenvalue weighted by Gasteiger charge is -2.19. The van der Waals surface area contributed by atoms with Gasteiger partial charge in [0.15, 0.2) is 11.6 Å². The van der Waals surface area contributed by atoms with E-state index in [1.165, 1.54) is 36.4 Å². The van der Waals surface area contributed by atoms with E-state index in [9.17, 15) is 17.6 Å². The van der Waals surface area contributed by atoms with Gasteiger partial charge in [0.2, 0.25) is 35.7 Å². The SMILES string of the molecule is CCc1cc(-c2cc(Cl)ccc2C)nc(N)n1.CCc1cc(-c2cc(F)c(F)cc2F)nc(N)n1.CCc1cc(-c2ccc(C(C)(C)C)cc2)nc(N)n1.CCc1cc(-c2ccc(C)cc2)nc(N)n1.CNc1cc(-c2ccc(Cl)cc2Cl)nc(N)n1.CNc1cc(-c2ccc(F)cc2OC)nc(N)n1. The first-order chi connectivity index (χ1) is 49.9. The number of nitrogens with two attached hydrogens (primary N) is 6. The highest BCUT2D eigenvalue weighted by Gasteiger charge is 2.18. The molecule has 0 aliphatic carbocycles. The minimum absolute atomic E-state index is 0.0338. The molecule has 0 aliphatic heterocycles. The second-order valence-corrected chi connectivity index (χ2v) is 25.5. The maximum Gasteiger partial charge on any atom is 0.222 e. The number of hydrogen-bond donors (Lipinski definition) is 8. The molecule has 6 heterocycles. The van der Waals surface area contributed by atoms with Crippen molar-refractivity contribution >= 4 is 82.1 Å². The zero-order chi connectivity index (χ0) is 76.8. The Morgan fingerprint density at radius 1 is 0.381 bits per heavy atom. The highest BCUT2D eigenvalue weighted by Crippen LogP contribution is 2.34. The number of hydrogen-bond acceptors (Lipinski definition) is 21. The molecule has 0 fully saturated rings. The largest absolute Gasteiger partial charge is 0.496 e. The third kappa shape index (κ3) is 23.6. The van der Waals surface area contributed by atoms with E-state index >= 15 is 0 Å². The molecule has 6 aromatic carbocycles. The molecule has 0 saturated carbocycles. The molecule has 0 bridgehead atoms. The minimum Gasteiger partial charge on any atom is -0.496 e. The summed E-state index contributed by atoms with van der Waals surface area (Å²) < 4.78 is 57.8. The van der Waals surface area contributed by atoms with Crippen LogP contribution < -0.4 is 49.8 Å². The van der Waals surface area contributed by atoms with Crippen LogP contribution in [0.1, 0.15) is 87.9 Å². The van der Waals surface area contributed by atoms with E-state index in [0.717, 1.165) is 87.3 Å². The Hall–Kier alpha value is -11.4. The number of nitrogens with one attached hydrogen (secondary N) is 2. The normalized spacial score (nSPS) is 10.6. The fourth-order valence-corrected chi connectivity index (χ4v) is 10.5. The van der Waals surface area contributed by atoms with Crippen LogP contribution in [0, 0.1) is 37.1 Å². The van der Waals surface area contributed by atoms with Gasteiger partial charge in [0.05, 0.1) is 46.3 Å². The van der Waals surface area contributed by atoms with Gasteiger partial charge in [0.25, 0.3) is 0 Å². The number of nitrogen functional groups attached to an aromatic ring is 6. The zero-order valence-electron chi connectivity index (χ0n) is 60.1. The minimum atomic E-state index is -1.24. The molecule has 0 radical (unpaired) electrons. The third-order valence-electron chi connectivity index (χ3n) is 15.4. The van der Waals surface area contributed by atoms with E-state index in [4.69, 9.17) is 73.9 Å². The summed E-state index contributed by atoms with van der Waals surface area (Å²) in [4.78, 5) is 49.4.